The van der Waals surface area contributed by atoms with Crippen molar-refractivity contribution in [1.29, 1.82) is 0 Å². The average molecular weight is 272 g/mol. The normalized spacial score (nSPS) is 13.1. The first kappa shape index (κ1) is 12.2. The van der Waals surface area contributed by atoms with Gasteiger partial charge in [-0.2, -0.15) is 0 Å². The minimum atomic E-state index is -0.641. The summed E-state index contributed by atoms with van der Waals surface area (Å²) in [6.45, 7) is 0. The zero-order valence-electron chi connectivity index (χ0n) is 10.8. The molecule has 0 fully saturated rings. The van der Waals surface area contributed by atoms with Crippen molar-refractivity contribution in [2.24, 2.45) is 14.1 Å². The largest absolute Gasteiger partial charge is 0.284 e. The molecule has 2 aromatic rings. The van der Waals surface area contributed by atoms with Crippen molar-refractivity contribution in [1.82, 2.24) is 4.57 Å². The van der Waals surface area contributed by atoms with Crippen LogP contribution in [-0.4, -0.2) is 21.1 Å². The molecule has 0 bridgehead atoms. The molecule has 1 aliphatic rings. The van der Waals surface area contributed by atoms with Crippen LogP contribution in [0, 0.1) is 10.1 Å². The molecule has 20 heavy (non-hydrogen) atoms. The Labute approximate surface area is 113 Å². The number of rotatable bonds is 1. The van der Waals surface area contributed by atoms with Crippen LogP contribution in [0.2, 0.25) is 0 Å². The van der Waals surface area contributed by atoms with E-state index in [1.165, 1.54) is 22.8 Å². The molecule has 0 spiro atoms. The molecule has 0 saturated heterocycles. The van der Waals surface area contributed by atoms with E-state index >= 15 is 0 Å². The summed E-state index contributed by atoms with van der Waals surface area (Å²) in [5.41, 5.74) is 0.0513. The molecule has 0 radical (unpaired) electrons. The first-order valence-corrected chi connectivity index (χ1v) is 5.85. The number of ketones is 2. The summed E-state index contributed by atoms with van der Waals surface area (Å²) in [5.74, 6) is -0.869. The van der Waals surface area contributed by atoms with Gasteiger partial charge in [0.25, 0.3) is 5.69 Å². The SMILES string of the molecule is Cn1c[n+](C)c2c1C(=O)c1cccc([N+](=O)[O-])c1C2=O. The highest BCUT2D eigenvalue weighted by Gasteiger charge is 2.43. The maximum absolute atomic E-state index is 12.5. The third-order valence-electron chi connectivity index (χ3n) is 3.42. The van der Waals surface area contributed by atoms with Crippen LogP contribution in [0.15, 0.2) is 24.5 Å². The molecule has 3 rings (SSSR count). The first-order chi connectivity index (χ1) is 9.43. The summed E-state index contributed by atoms with van der Waals surface area (Å²) in [6.07, 6.45) is 1.60. The lowest BCUT2D eigenvalue weighted by Gasteiger charge is -2.11. The van der Waals surface area contributed by atoms with Gasteiger partial charge in [-0.05, 0) is 6.07 Å². The Morgan fingerprint density at radius 3 is 2.60 bits per heavy atom. The summed E-state index contributed by atoms with van der Waals surface area (Å²) < 4.78 is 3.06. The molecular weight excluding hydrogens is 262 g/mol. The van der Waals surface area contributed by atoms with Crippen molar-refractivity contribution in [3.63, 3.8) is 0 Å². The van der Waals surface area contributed by atoms with Crippen LogP contribution < -0.4 is 4.57 Å². The van der Waals surface area contributed by atoms with E-state index in [0.29, 0.717) is 0 Å². The Bertz CT molecular complexity index is 804. The maximum atomic E-state index is 12.5. The topological polar surface area (TPSA) is 86.1 Å². The number of aromatic nitrogens is 2. The standard InChI is InChI=1S/C13H10N3O4/c1-14-6-15(2)11-10(14)12(17)7-4-3-5-8(16(19)20)9(7)13(11)18/h3-6H,1-2H3/q+1. The van der Waals surface area contributed by atoms with E-state index in [-0.39, 0.29) is 34.0 Å². The number of hydrogen-bond acceptors (Lipinski definition) is 4. The highest BCUT2D eigenvalue weighted by Crippen LogP contribution is 2.31. The second kappa shape index (κ2) is 3.83. The minimum absolute atomic E-state index is 0.0819. The second-order valence-electron chi connectivity index (χ2n) is 4.65. The van der Waals surface area contributed by atoms with E-state index < -0.39 is 10.7 Å². The molecule has 0 aliphatic heterocycles. The summed E-state index contributed by atoms with van der Waals surface area (Å²) in [6, 6.07) is 4.09. The Morgan fingerprint density at radius 2 is 1.95 bits per heavy atom. The lowest BCUT2D eigenvalue weighted by Crippen LogP contribution is -2.37. The molecule has 100 valence electrons. The second-order valence-corrected chi connectivity index (χ2v) is 4.65. The smallest absolute Gasteiger partial charge is 0.281 e. The molecule has 1 aliphatic carbocycles. The maximum Gasteiger partial charge on any atom is 0.281 e. The Balaban J connectivity index is 2.40. The molecular formula is C13H10N3O4+. The van der Waals surface area contributed by atoms with Gasteiger partial charge in [0.05, 0.1) is 19.0 Å². The summed E-state index contributed by atoms with van der Waals surface area (Å²) in [7, 11) is 3.29. The predicted octanol–water partition coefficient (Wildman–Crippen LogP) is 0.533. The highest BCUT2D eigenvalue weighted by molar-refractivity contribution is 6.27. The number of aryl methyl sites for hydroxylation is 2. The van der Waals surface area contributed by atoms with E-state index in [4.69, 9.17) is 0 Å². The molecule has 1 aromatic heterocycles. The fourth-order valence-corrected chi connectivity index (χ4v) is 2.61. The van der Waals surface area contributed by atoms with Crippen molar-refractivity contribution in [2.75, 3.05) is 0 Å². The predicted molar refractivity (Wildman–Crippen MR) is 66.6 cm³/mol. The van der Waals surface area contributed by atoms with E-state index in [1.54, 1.807) is 25.0 Å². The molecule has 0 amide bonds. The zero-order chi connectivity index (χ0) is 14.6. The van der Waals surface area contributed by atoms with Crippen LogP contribution in [0.25, 0.3) is 0 Å². The summed E-state index contributed by atoms with van der Waals surface area (Å²) in [5, 5.41) is 11.1. The molecule has 0 N–H and O–H groups in total. The van der Waals surface area contributed by atoms with Crippen LogP contribution in [0.4, 0.5) is 5.69 Å². The van der Waals surface area contributed by atoms with Crippen LogP contribution in [-0.2, 0) is 14.1 Å². The molecule has 7 nitrogen and oxygen atoms in total. The lowest BCUT2D eigenvalue weighted by atomic mass is 9.88. The monoisotopic (exact) mass is 272 g/mol. The van der Waals surface area contributed by atoms with Gasteiger partial charge in [0.15, 0.2) is 0 Å². The Morgan fingerprint density at radius 1 is 1.25 bits per heavy atom. The number of carbonyl (C=O) groups is 2. The van der Waals surface area contributed by atoms with Crippen molar-refractivity contribution in [3.8, 4) is 0 Å². The number of imidazole rings is 1. The first-order valence-electron chi connectivity index (χ1n) is 5.85. The van der Waals surface area contributed by atoms with Gasteiger partial charge >= 0.3 is 0 Å². The molecule has 0 atom stereocenters. The number of nitro benzene ring substituents is 1. The summed E-state index contributed by atoms with van der Waals surface area (Å²) >= 11 is 0. The Kier molecular flexibility index (Phi) is 2.34. The quantitative estimate of drug-likeness (QED) is 0.367. The van der Waals surface area contributed by atoms with Gasteiger partial charge in [0, 0.05) is 11.6 Å². The molecule has 0 unspecified atom stereocenters. The number of fused-ring (bicyclic) bond motifs is 2. The lowest BCUT2D eigenvalue weighted by molar-refractivity contribution is -0.672. The zero-order valence-corrected chi connectivity index (χ0v) is 10.8. The van der Waals surface area contributed by atoms with Gasteiger partial charge in [-0.3, -0.25) is 19.7 Å². The minimum Gasteiger partial charge on any atom is -0.284 e. The van der Waals surface area contributed by atoms with E-state index in [1.807, 2.05) is 0 Å². The van der Waals surface area contributed by atoms with Crippen molar-refractivity contribution >= 4 is 17.3 Å². The van der Waals surface area contributed by atoms with Crippen LogP contribution in [0.1, 0.15) is 32.1 Å². The van der Waals surface area contributed by atoms with Gasteiger partial charge in [0.2, 0.25) is 29.3 Å². The van der Waals surface area contributed by atoms with E-state index in [0.717, 1.165) is 0 Å². The highest BCUT2D eigenvalue weighted by atomic mass is 16.6. The van der Waals surface area contributed by atoms with Gasteiger partial charge in [-0.15, -0.1) is 0 Å². The van der Waals surface area contributed by atoms with Crippen LogP contribution in [0.3, 0.4) is 0 Å². The number of benzene rings is 1. The van der Waals surface area contributed by atoms with Crippen molar-refractivity contribution in [3.05, 3.63) is 57.2 Å². The molecule has 7 heteroatoms. The number of hydrogen-bond donors (Lipinski definition) is 0. The average Bonchev–Trinajstić information content (AvgIpc) is 2.70. The Hall–Kier alpha value is -2.83. The van der Waals surface area contributed by atoms with Crippen LogP contribution in [0.5, 0.6) is 0 Å². The molecule has 0 saturated carbocycles. The van der Waals surface area contributed by atoms with Crippen molar-refractivity contribution < 1.29 is 19.1 Å². The number of nitro groups is 1. The van der Waals surface area contributed by atoms with Gasteiger partial charge in [-0.1, -0.05) is 6.07 Å². The fraction of sp³-hybridized carbons (Fsp3) is 0.154. The molecule has 1 aromatic carbocycles. The molecule has 1 heterocycles. The number of carbonyl (C=O) groups excluding carboxylic acids is 2. The van der Waals surface area contributed by atoms with Gasteiger partial charge in [0.1, 0.15) is 5.56 Å². The van der Waals surface area contributed by atoms with E-state index in [9.17, 15) is 19.7 Å². The van der Waals surface area contributed by atoms with Gasteiger partial charge in [-0.25, -0.2) is 9.13 Å². The van der Waals surface area contributed by atoms with Crippen molar-refractivity contribution in [2.45, 2.75) is 0 Å². The third kappa shape index (κ3) is 1.37. The van der Waals surface area contributed by atoms with Gasteiger partial charge < -0.3 is 0 Å². The summed E-state index contributed by atoms with van der Waals surface area (Å²) in [4.78, 5) is 35.4. The fourth-order valence-electron chi connectivity index (χ4n) is 2.61. The number of nitrogens with zero attached hydrogens (tertiary/aromatic N) is 3. The third-order valence-corrected chi connectivity index (χ3v) is 3.42. The van der Waals surface area contributed by atoms with E-state index in [2.05, 4.69) is 0 Å². The van der Waals surface area contributed by atoms with Crippen LogP contribution >= 0.6 is 0 Å².